The number of ether oxygens (including phenoxy) is 1. The van der Waals surface area contributed by atoms with Crippen molar-refractivity contribution in [3.05, 3.63) is 24.4 Å². The summed E-state index contributed by atoms with van der Waals surface area (Å²) >= 11 is 0. The zero-order valence-electron chi connectivity index (χ0n) is 7.73. The highest BCUT2D eigenvalue weighted by atomic mass is 16.5. The number of morpholine rings is 1. The third kappa shape index (κ3) is 1.80. The summed E-state index contributed by atoms with van der Waals surface area (Å²) in [5, 5.41) is 0. The van der Waals surface area contributed by atoms with E-state index in [4.69, 9.17) is 4.74 Å². The van der Waals surface area contributed by atoms with Crippen LogP contribution in [0.15, 0.2) is 18.3 Å². The molecule has 2 heterocycles. The lowest BCUT2D eigenvalue weighted by molar-refractivity contribution is 0.0985. The van der Waals surface area contributed by atoms with E-state index < -0.39 is 0 Å². The molecule has 1 radical (unpaired) electrons. The zero-order chi connectivity index (χ0) is 9.10. The van der Waals surface area contributed by atoms with Crippen LogP contribution in [0, 0.1) is 6.07 Å². The molecule has 1 unspecified atom stereocenters. The first-order valence-electron chi connectivity index (χ1n) is 4.55. The Morgan fingerprint density at radius 2 is 2.62 bits per heavy atom. The van der Waals surface area contributed by atoms with E-state index in [2.05, 4.69) is 22.9 Å². The Labute approximate surface area is 78.3 Å². The molecular weight excluding hydrogens is 164 g/mol. The van der Waals surface area contributed by atoms with Crippen molar-refractivity contribution in [3.63, 3.8) is 0 Å². The first-order chi connectivity index (χ1) is 6.38. The van der Waals surface area contributed by atoms with Crippen LogP contribution in [0.5, 0.6) is 0 Å². The summed E-state index contributed by atoms with van der Waals surface area (Å²) in [5.74, 6) is 0.929. The van der Waals surface area contributed by atoms with Gasteiger partial charge in [0.25, 0.3) is 0 Å². The molecule has 0 N–H and O–H groups in total. The van der Waals surface area contributed by atoms with Crippen molar-refractivity contribution in [1.29, 1.82) is 0 Å². The molecule has 0 aromatic carbocycles. The number of nitrogens with zero attached hydrogens (tertiary/aromatic N) is 2. The fraction of sp³-hybridized carbons (Fsp3) is 0.500. The predicted molar refractivity (Wildman–Crippen MR) is 50.7 cm³/mol. The average Bonchev–Trinajstić information content (AvgIpc) is 2.20. The van der Waals surface area contributed by atoms with Crippen LogP contribution in [0.2, 0.25) is 0 Å². The Hall–Kier alpha value is -1.09. The van der Waals surface area contributed by atoms with Gasteiger partial charge in [-0.2, -0.15) is 0 Å². The highest BCUT2D eigenvalue weighted by molar-refractivity contribution is 5.38. The van der Waals surface area contributed by atoms with Crippen LogP contribution in [-0.2, 0) is 4.74 Å². The lowest BCUT2D eigenvalue weighted by Gasteiger charge is -2.33. The van der Waals surface area contributed by atoms with E-state index in [1.54, 1.807) is 6.20 Å². The quantitative estimate of drug-likeness (QED) is 0.642. The van der Waals surface area contributed by atoms with Crippen LogP contribution in [0.3, 0.4) is 0 Å². The van der Waals surface area contributed by atoms with Gasteiger partial charge in [-0.05, 0) is 19.1 Å². The molecule has 0 saturated carbocycles. The molecule has 1 fully saturated rings. The Morgan fingerprint density at radius 1 is 1.69 bits per heavy atom. The van der Waals surface area contributed by atoms with Gasteiger partial charge in [0.05, 0.1) is 19.3 Å². The second kappa shape index (κ2) is 3.75. The van der Waals surface area contributed by atoms with Crippen LogP contribution in [-0.4, -0.2) is 30.8 Å². The zero-order valence-corrected chi connectivity index (χ0v) is 7.73. The molecule has 1 aliphatic heterocycles. The van der Waals surface area contributed by atoms with E-state index in [0.29, 0.717) is 6.04 Å². The Kier molecular flexibility index (Phi) is 2.45. The van der Waals surface area contributed by atoms with Gasteiger partial charge in [0.2, 0.25) is 0 Å². The van der Waals surface area contributed by atoms with Gasteiger partial charge in [-0.15, -0.1) is 0 Å². The van der Waals surface area contributed by atoms with E-state index in [1.807, 2.05) is 12.1 Å². The maximum absolute atomic E-state index is 5.35. The maximum Gasteiger partial charge on any atom is 0.136 e. The molecule has 3 heteroatoms. The highest BCUT2D eigenvalue weighted by Gasteiger charge is 2.19. The molecule has 2 rings (SSSR count). The molecule has 0 amide bonds. The van der Waals surface area contributed by atoms with E-state index in [0.717, 1.165) is 25.6 Å². The first kappa shape index (κ1) is 8.51. The molecule has 69 valence electrons. The van der Waals surface area contributed by atoms with Gasteiger partial charge >= 0.3 is 0 Å². The molecule has 1 atom stereocenters. The molecule has 1 aromatic rings. The summed E-state index contributed by atoms with van der Waals surface area (Å²) in [6.07, 6.45) is 1.80. The predicted octanol–water partition coefficient (Wildman–Crippen LogP) is 1.11. The third-order valence-corrected chi connectivity index (χ3v) is 2.23. The molecule has 0 aliphatic carbocycles. The highest BCUT2D eigenvalue weighted by Crippen LogP contribution is 2.14. The number of pyridine rings is 1. The van der Waals surface area contributed by atoms with Gasteiger partial charge in [-0.3, -0.25) is 0 Å². The molecule has 3 nitrogen and oxygen atoms in total. The van der Waals surface area contributed by atoms with Crippen molar-refractivity contribution in [2.24, 2.45) is 0 Å². The van der Waals surface area contributed by atoms with Gasteiger partial charge in [-0.1, -0.05) is 0 Å². The minimum Gasteiger partial charge on any atom is -0.377 e. The van der Waals surface area contributed by atoms with Crippen LogP contribution in [0.25, 0.3) is 0 Å². The molecule has 13 heavy (non-hydrogen) atoms. The normalized spacial score (nSPS) is 23.2. The van der Waals surface area contributed by atoms with Crippen molar-refractivity contribution in [1.82, 2.24) is 4.98 Å². The van der Waals surface area contributed by atoms with Gasteiger partial charge in [0.15, 0.2) is 0 Å². The van der Waals surface area contributed by atoms with E-state index in [9.17, 15) is 0 Å². The monoisotopic (exact) mass is 177 g/mol. The first-order valence-corrected chi connectivity index (χ1v) is 4.55. The SMILES string of the molecule is CC1COCCN1c1[c]cccn1. The molecule has 1 aliphatic rings. The van der Waals surface area contributed by atoms with Crippen LogP contribution >= 0.6 is 0 Å². The molecule has 1 saturated heterocycles. The van der Waals surface area contributed by atoms with Crippen LogP contribution < -0.4 is 4.90 Å². The molecular formula is C10H13N2O. The fourth-order valence-electron chi connectivity index (χ4n) is 1.52. The smallest absolute Gasteiger partial charge is 0.136 e. The van der Waals surface area contributed by atoms with Crippen LogP contribution in [0.1, 0.15) is 6.92 Å². The third-order valence-electron chi connectivity index (χ3n) is 2.23. The number of rotatable bonds is 1. The molecule has 0 bridgehead atoms. The summed E-state index contributed by atoms with van der Waals surface area (Å²) in [7, 11) is 0. The summed E-state index contributed by atoms with van der Waals surface area (Å²) in [4.78, 5) is 6.49. The van der Waals surface area contributed by atoms with E-state index in [-0.39, 0.29) is 0 Å². The topological polar surface area (TPSA) is 25.4 Å². The number of aromatic nitrogens is 1. The second-order valence-electron chi connectivity index (χ2n) is 3.22. The fourth-order valence-corrected chi connectivity index (χ4v) is 1.52. The summed E-state index contributed by atoms with van der Waals surface area (Å²) in [5.41, 5.74) is 0. The second-order valence-corrected chi connectivity index (χ2v) is 3.22. The van der Waals surface area contributed by atoms with E-state index in [1.165, 1.54) is 0 Å². The van der Waals surface area contributed by atoms with Gasteiger partial charge < -0.3 is 9.64 Å². The largest absolute Gasteiger partial charge is 0.377 e. The van der Waals surface area contributed by atoms with Gasteiger partial charge in [-0.25, -0.2) is 4.98 Å². The summed E-state index contributed by atoms with van der Waals surface area (Å²) in [6, 6.07) is 7.31. The Morgan fingerprint density at radius 3 is 3.31 bits per heavy atom. The number of anilines is 1. The summed E-state index contributed by atoms with van der Waals surface area (Å²) in [6.45, 7) is 4.62. The maximum atomic E-state index is 5.35. The van der Waals surface area contributed by atoms with Crippen molar-refractivity contribution >= 4 is 5.82 Å². The standard InChI is InChI=1S/C10H13N2O/c1-9-8-13-7-6-12(9)10-4-2-3-5-11-10/h2-3,5,9H,6-8H2,1H3. The van der Waals surface area contributed by atoms with E-state index >= 15 is 0 Å². The van der Waals surface area contributed by atoms with Gasteiger partial charge in [0.1, 0.15) is 5.82 Å². The van der Waals surface area contributed by atoms with Crippen LogP contribution in [0.4, 0.5) is 5.82 Å². The molecule has 0 spiro atoms. The van der Waals surface area contributed by atoms with Gasteiger partial charge in [0, 0.05) is 18.8 Å². The molecule has 1 aromatic heterocycles. The Balaban J connectivity index is 2.15. The van der Waals surface area contributed by atoms with Crippen molar-refractivity contribution < 1.29 is 4.74 Å². The van der Waals surface area contributed by atoms with Crippen molar-refractivity contribution in [2.45, 2.75) is 13.0 Å². The Bertz CT molecular complexity index is 263. The minimum absolute atomic E-state index is 0.403. The number of hydrogen-bond acceptors (Lipinski definition) is 3. The van der Waals surface area contributed by atoms with Crippen molar-refractivity contribution in [2.75, 3.05) is 24.7 Å². The lowest BCUT2D eigenvalue weighted by atomic mass is 10.2. The lowest BCUT2D eigenvalue weighted by Crippen LogP contribution is -2.44. The number of hydrogen-bond donors (Lipinski definition) is 0. The minimum atomic E-state index is 0.403. The van der Waals surface area contributed by atoms with Crippen molar-refractivity contribution in [3.8, 4) is 0 Å². The average molecular weight is 177 g/mol. The summed E-state index contributed by atoms with van der Waals surface area (Å²) < 4.78 is 5.35.